The lowest BCUT2D eigenvalue weighted by Crippen LogP contribution is -2.16. The quantitative estimate of drug-likeness (QED) is 0.830. The van der Waals surface area contributed by atoms with Crippen LogP contribution >= 0.6 is 11.8 Å². The molecule has 8 heteroatoms. The number of thioether (sulfide) groups is 1. The molecule has 1 heterocycles. The number of alkyl halides is 3. The molecule has 2 atom stereocenters. The second-order valence-corrected chi connectivity index (χ2v) is 6.80. The molecule has 1 aliphatic carbocycles. The number of nitrogens with one attached hydrogen (secondary N) is 1. The Morgan fingerprint density at radius 1 is 1.42 bits per heavy atom. The Balaban J connectivity index is 1.63. The first-order valence-electron chi connectivity index (χ1n) is 7.41. The molecule has 1 aliphatic rings. The van der Waals surface area contributed by atoms with Crippen LogP contribution in [0.15, 0.2) is 41.6 Å². The molecular weight excluding hydrogens is 339 g/mol. The van der Waals surface area contributed by atoms with Crippen LogP contribution in [-0.4, -0.2) is 27.6 Å². The average molecular weight is 355 g/mol. The van der Waals surface area contributed by atoms with Crippen LogP contribution in [-0.2, 0) is 11.8 Å². The zero-order valence-electron chi connectivity index (χ0n) is 12.9. The van der Waals surface area contributed by atoms with E-state index in [1.54, 1.807) is 35.1 Å². The highest BCUT2D eigenvalue weighted by Gasteiger charge is 2.44. The maximum absolute atomic E-state index is 12.4. The van der Waals surface area contributed by atoms with E-state index in [1.807, 2.05) is 13.2 Å². The van der Waals surface area contributed by atoms with E-state index in [0.717, 1.165) is 12.0 Å². The van der Waals surface area contributed by atoms with Crippen LogP contribution in [0.25, 0.3) is 0 Å². The summed E-state index contributed by atoms with van der Waals surface area (Å²) in [5.74, 6) is -1.17. The number of hydrogen-bond acceptors (Lipinski definition) is 3. The molecule has 1 aromatic heterocycles. The normalized spacial score (nSPS) is 20.0. The molecule has 1 N–H and O–H groups in total. The molecule has 3 rings (SSSR count). The molecule has 0 bridgehead atoms. The summed E-state index contributed by atoms with van der Waals surface area (Å²) in [6, 6.07) is 6.55. The van der Waals surface area contributed by atoms with Gasteiger partial charge in [-0.15, -0.1) is 11.8 Å². The van der Waals surface area contributed by atoms with Gasteiger partial charge in [-0.05, 0) is 30.0 Å². The number of amides is 1. The van der Waals surface area contributed by atoms with E-state index in [-0.39, 0.29) is 17.7 Å². The maximum atomic E-state index is 12.4. The first-order chi connectivity index (χ1) is 11.3. The third-order valence-corrected chi connectivity index (χ3v) is 4.96. The topological polar surface area (TPSA) is 46.9 Å². The summed E-state index contributed by atoms with van der Waals surface area (Å²) in [6.07, 6.45) is 0.106. The molecule has 2 aromatic rings. The number of nitrogens with zero attached hydrogens (tertiary/aromatic N) is 2. The van der Waals surface area contributed by atoms with Crippen LogP contribution in [0, 0.1) is 5.92 Å². The fourth-order valence-corrected chi connectivity index (χ4v) is 3.33. The third-order valence-electron chi connectivity index (χ3n) is 3.82. The Morgan fingerprint density at radius 3 is 2.83 bits per heavy atom. The fourth-order valence-electron chi connectivity index (χ4n) is 2.57. The van der Waals surface area contributed by atoms with Gasteiger partial charge in [-0.25, -0.2) is 0 Å². The first-order valence-corrected chi connectivity index (χ1v) is 8.40. The van der Waals surface area contributed by atoms with E-state index in [1.165, 1.54) is 0 Å². The first kappa shape index (κ1) is 16.9. The highest BCUT2D eigenvalue weighted by atomic mass is 32.2. The second kappa shape index (κ2) is 6.51. The number of hydrogen-bond donors (Lipinski definition) is 1. The van der Waals surface area contributed by atoms with Gasteiger partial charge in [-0.1, -0.05) is 12.1 Å². The molecule has 1 saturated carbocycles. The van der Waals surface area contributed by atoms with Crippen LogP contribution in [0.2, 0.25) is 0 Å². The summed E-state index contributed by atoms with van der Waals surface area (Å²) < 4.78 is 38.9. The predicted molar refractivity (Wildman–Crippen MR) is 85.9 cm³/mol. The smallest absolute Gasteiger partial charge is 0.325 e. The summed E-state index contributed by atoms with van der Waals surface area (Å²) in [6.45, 7) is 0. The van der Waals surface area contributed by atoms with Crippen LogP contribution in [0.4, 0.5) is 18.9 Å². The molecule has 0 spiro atoms. The summed E-state index contributed by atoms with van der Waals surface area (Å²) >= 11 is 0.676. The van der Waals surface area contributed by atoms with Gasteiger partial charge in [0.1, 0.15) is 0 Å². The molecule has 0 aliphatic heterocycles. The van der Waals surface area contributed by atoms with Crippen molar-refractivity contribution >= 4 is 23.4 Å². The van der Waals surface area contributed by atoms with Gasteiger partial charge in [-0.3, -0.25) is 9.48 Å². The molecule has 24 heavy (non-hydrogen) atoms. The minimum Gasteiger partial charge on any atom is -0.325 e. The van der Waals surface area contributed by atoms with Gasteiger partial charge in [0.05, 0.1) is 17.6 Å². The fraction of sp³-hybridized carbons (Fsp3) is 0.375. The van der Waals surface area contributed by atoms with Gasteiger partial charge >= 0.3 is 6.18 Å². The highest BCUT2D eigenvalue weighted by molar-refractivity contribution is 7.99. The van der Waals surface area contributed by atoms with Crippen molar-refractivity contribution in [2.75, 3.05) is 11.1 Å². The van der Waals surface area contributed by atoms with Gasteiger partial charge < -0.3 is 5.32 Å². The molecule has 4 nitrogen and oxygen atoms in total. The molecule has 128 valence electrons. The number of para-hydroxylation sites is 1. The van der Waals surface area contributed by atoms with Gasteiger partial charge in [0.25, 0.3) is 0 Å². The Hall–Kier alpha value is -1.96. The zero-order chi connectivity index (χ0) is 17.3. The van der Waals surface area contributed by atoms with Crippen molar-refractivity contribution in [3.63, 3.8) is 0 Å². The number of halogens is 3. The minimum atomic E-state index is -4.25. The number of anilines is 1. The van der Waals surface area contributed by atoms with Crippen molar-refractivity contribution in [3.8, 4) is 0 Å². The number of rotatable bonds is 5. The molecular formula is C16H16F3N3OS. The van der Waals surface area contributed by atoms with Crippen molar-refractivity contribution in [1.82, 2.24) is 9.78 Å². The van der Waals surface area contributed by atoms with Gasteiger partial charge in [0.2, 0.25) is 5.91 Å². The SMILES string of the molecule is Cn1cc(C2CC2C(=O)Nc2ccccc2SCC(F)(F)F)cn1. The minimum absolute atomic E-state index is 0.133. The van der Waals surface area contributed by atoms with E-state index in [0.29, 0.717) is 22.3 Å². The van der Waals surface area contributed by atoms with Crippen molar-refractivity contribution < 1.29 is 18.0 Å². The predicted octanol–water partition coefficient (Wildman–Crippen LogP) is 3.82. The van der Waals surface area contributed by atoms with Gasteiger partial charge in [0, 0.05) is 24.1 Å². The number of carbonyl (C=O) groups excluding carboxylic acids is 1. The van der Waals surface area contributed by atoms with Crippen molar-refractivity contribution in [2.45, 2.75) is 23.4 Å². The van der Waals surface area contributed by atoms with Gasteiger partial charge in [-0.2, -0.15) is 18.3 Å². The van der Waals surface area contributed by atoms with Crippen LogP contribution < -0.4 is 5.32 Å². The zero-order valence-corrected chi connectivity index (χ0v) is 13.7. The summed E-state index contributed by atoms with van der Waals surface area (Å²) in [5, 5.41) is 6.85. The Morgan fingerprint density at radius 2 is 2.17 bits per heavy atom. The van der Waals surface area contributed by atoms with Crippen molar-refractivity contribution in [3.05, 3.63) is 42.2 Å². The Bertz CT molecular complexity index is 744. The summed E-state index contributed by atoms with van der Waals surface area (Å²) in [7, 11) is 1.81. The molecule has 0 radical (unpaired) electrons. The van der Waals surface area contributed by atoms with Gasteiger partial charge in [0.15, 0.2) is 0 Å². The Kier molecular flexibility index (Phi) is 4.58. The highest BCUT2D eigenvalue weighted by Crippen LogP contribution is 2.48. The largest absolute Gasteiger partial charge is 0.398 e. The third kappa shape index (κ3) is 4.11. The number of aryl methyl sites for hydroxylation is 1. The summed E-state index contributed by atoms with van der Waals surface area (Å²) in [4.78, 5) is 12.8. The van der Waals surface area contributed by atoms with E-state index in [4.69, 9.17) is 0 Å². The molecule has 2 unspecified atom stereocenters. The van der Waals surface area contributed by atoms with E-state index >= 15 is 0 Å². The lowest BCUT2D eigenvalue weighted by molar-refractivity contribution is -0.117. The molecule has 1 fully saturated rings. The van der Waals surface area contributed by atoms with E-state index < -0.39 is 11.9 Å². The number of carbonyl (C=O) groups is 1. The summed E-state index contributed by atoms with van der Waals surface area (Å²) in [5.41, 5.74) is 1.44. The molecule has 0 saturated heterocycles. The van der Waals surface area contributed by atoms with Crippen LogP contribution in [0.1, 0.15) is 17.9 Å². The average Bonchev–Trinajstić information content (AvgIpc) is 3.20. The number of aromatic nitrogens is 2. The lowest BCUT2D eigenvalue weighted by atomic mass is 10.2. The second-order valence-electron chi connectivity index (χ2n) is 5.79. The van der Waals surface area contributed by atoms with E-state index in [9.17, 15) is 18.0 Å². The van der Waals surface area contributed by atoms with E-state index in [2.05, 4.69) is 10.4 Å². The number of benzene rings is 1. The lowest BCUT2D eigenvalue weighted by Gasteiger charge is -2.11. The van der Waals surface area contributed by atoms with Crippen LogP contribution in [0.5, 0.6) is 0 Å². The molecule has 1 aromatic carbocycles. The monoisotopic (exact) mass is 355 g/mol. The van der Waals surface area contributed by atoms with Crippen LogP contribution in [0.3, 0.4) is 0 Å². The van der Waals surface area contributed by atoms with Crippen molar-refractivity contribution in [1.29, 1.82) is 0 Å². The van der Waals surface area contributed by atoms with Crippen molar-refractivity contribution in [2.24, 2.45) is 13.0 Å². The maximum Gasteiger partial charge on any atom is 0.398 e. The Labute approximate surface area is 141 Å². The standard InChI is InChI=1S/C16H16F3N3OS/c1-22-8-10(7-20-22)11-6-12(11)15(23)21-13-4-2-3-5-14(13)24-9-16(17,18)19/h2-5,7-8,11-12H,6,9H2,1H3,(H,21,23). The molecule has 1 amide bonds.